The Balaban J connectivity index is 1.78. The van der Waals surface area contributed by atoms with E-state index < -0.39 is 0 Å². The van der Waals surface area contributed by atoms with Crippen LogP contribution < -0.4 is 10.2 Å². The summed E-state index contributed by atoms with van der Waals surface area (Å²) in [5, 5.41) is 3.12. The normalized spacial score (nSPS) is 10.3. The van der Waals surface area contributed by atoms with E-state index in [0.717, 1.165) is 17.1 Å². The summed E-state index contributed by atoms with van der Waals surface area (Å²) in [7, 11) is 1.73. The van der Waals surface area contributed by atoms with Crippen molar-refractivity contribution in [1.29, 1.82) is 0 Å². The second-order valence-corrected chi connectivity index (χ2v) is 5.59. The number of nitrogens with one attached hydrogen (secondary N) is 1. The molecule has 2 aromatic heterocycles. The van der Waals surface area contributed by atoms with Gasteiger partial charge in [-0.3, -0.25) is 9.78 Å². The average Bonchev–Trinajstić information content (AvgIpc) is 2.66. The van der Waals surface area contributed by atoms with Gasteiger partial charge in [0.15, 0.2) is 0 Å². The SMILES string of the molecule is Cc1cc(C(=O)N(C)c2ccccc2)nc(NCc2ccccn2)n1. The first-order valence-electron chi connectivity index (χ1n) is 7.96. The molecule has 0 saturated heterocycles. The molecule has 0 aliphatic heterocycles. The van der Waals surface area contributed by atoms with E-state index in [0.29, 0.717) is 18.2 Å². The summed E-state index contributed by atoms with van der Waals surface area (Å²) in [5.41, 5.74) is 2.76. The van der Waals surface area contributed by atoms with Gasteiger partial charge in [0.05, 0.1) is 12.2 Å². The third kappa shape index (κ3) is 4.17. The molecule has 6 nitrogen and oxygen atoms in total. The molecule has 0 bridgehead atoms. The van der Waals surface area contributed by atoms with E-state index in [-0.39, 0.29) is 5.91 Å². The Bertz CT molecular complexity index is 852. The number of hydrogen-bond donors (Lipinski definition) is 1. The van der Waals surface area contributed by atoms with Crippen LogP contribution in [0.15, 0.2) is 60.8 Å². The zero-order chi connectivity index (χ0) is 17.6. The molecule has 25 heavy (non-hydrogen) atoms. The standard InChI is InChI=1S/C19H19N5O/c1-14-12-17(18(25)24(2)16-9-4-3-5-10-16)23-19(22-14)21-13-15-8-6-7-11-20-15/h3-12H,13H2,1-2H3,(H,21,22,23). The first-order chi connectivity index (χ1) is 12.1. The van der Waals surface area contributed by atoms with Crippen LogP contribution in [0.1, 0.15) is 21.9 Å². The minimum atomic E-state index is -0.183. The highest BCUT2D eigenvalue weighted by molar-refractivity contribution is 6.04. The van der Waals surface area contributed by atoms with Crippen molar-refractivity contribution in [2.45, 2.75) is 13.5 Å². The van der Waals surface area contributed by atoms with Crippen molar-refractivity contribution in [2.24, 2.45) is 0 Å². The maximum Gasteiger partial charge on any atom is 0.276 e. The van der Waals surface area contributed by atoms with Crippen LogP contribution in [0.25, 0.3) is 0 Å². The summed E-state index contributed by atoms with van der Waals surface area (Å²) < 4.78 is 0. The fraction of sp³-hybridized carbons (Fsp3) is 0.158. The van der Waals surface area contributed by atoms with E-state index in [4.69, 9.17) is 0 Å². The van der Waals surface area contributed by atoms with Crippen molar-refractivity contribution in [3.05, 3.63) is 77.9 Å². The van der Waals surface area contributed by atoms with Crippen LogP contribution >= 0.6 is 0 Å². The molecular formula is C19H19N5O. The Morgan fingerprint density at radius 1 is 1.08 bits per heavy atom. The molecule has 1 N–H and O–H groups in total. The van der Waals surface area contributed by atoms with Gasteiger partial charge in [-0.1, -0.05) is 24.3 Å². The Morgan fingerprint density at radius 3 is 2.56 bits per heavy atom. The number of aromatic nitrogens is 3. The molecule has 0 radical (unpaired) electrons. The molecule has 0 aliphatic carbocycles. The maximum absolute atomic E-state index is 12.7. The van der Waals surface area contributed by atoms with E-state index in [1.165, 1.54) is 0 Å². The van der Waals surface area contributed by atoms with Gasteiger partial charge < -0.3 is 10.2 Å². The molecule has 126 valence electrons. The van der Waals surface area contributed by atoms with Crippen LogP contribution in [0.3, 0.4) is 0 Å². The summed E-state index contributed by atoms with van der Waals surface area (Å²) in [6, 6.07) is 16.8. The number of carbonyl (C=O) groups excluding carboxylic acids is 1. The van der Waals surface area contributed by atoms with Crippen molar-refractivity contribution in [1.82, 2.24) is 15.0 Å². The maximum atomic E-state index is 12.7. The van der Waals surface area contributed by atoms with Gasteiger partial charge in [0.2, 0.25) is 5.95 Å². The molecular weight excluding hydrogens is 314 g/mol. The molecule has 0 aliphatic rings. The zero-order valence-corrected chi connectivity index (χ0v) is 14.2. The fourth-order valence-electron chi connectivity index (χ4n) is 2.37. The Labute approximate surface area is 146 Å². The number of amides is 1. The molecule has 6 heteroatoms. The van der Waals surface area contributed by atoms with Crippen molar-refractivity contribution < 1.29 is 4.79 Å². The Morgan fingerprint density at radius 2 is 1.84 bits per heavy atom. The molecule has 1 amide bonds. The lowest BCUT2D eigenvalue weighted by Crippen LogP contribution is -2.27. The lowest BCUT2D eigenvalue weighted by Gasteiger charge is -2.17. The number of hydrogen-bond acceptors (Lipinski definition) is 5. The number of pyridine rings is 1. The van der Waals surface area contributed by atoms with E-state index >= 15 is 0 Å². The summed E-state index contributed by atoms with van der Waals surface area (Å²) in [4.78, 5) is 27.2. The number of anilines is 2. The third-order valence-electron chi connectivity index (χ3n) is 3.68. The van der Waals surface area contributed by atoms with Gasteiger partial charge >= 0.3 is 0 Å². The lowest BCUT2D eigenvalue weighted by molar-refractivity contribution is 0.0988. The van der Waals surface area contributed by atoms with E-state index in [9.17, 15) is 4.79 Å². The zero-order valence-electron chi connectivity index (χ0n) is 14.2. The molecule has 0 atom stereocenters. The molecule has 0 unspecified atom stereocenters. The number of para-hydroxylation sites is 1. The van der Waals surface area contributed by atoms with Gasteiger partial charge in [0, 0.05) is 24.6 Å². The summed E-state index contributed by atoms with van der Waals surface area (Å²) in [6.07, 6.45) is 1.73. The van der Waals surface area contributed by atoms with Crippen molar-refractivity contribution in [3.63, 3.8) is 0 Å². The fourth-order valence-corrected chi connectivity index (χ4v) is 2.37. The Hall–Kier alpha value is -3.28. The molecule has 0 fully saturated rings. The topological polar surface area (TPSA) is 71.0 Å². The minimum Gasteiger partial charge on any atom is -0.349 e. The predicted octanol–water partition coefficient (Wildman–Crippen LogP) is 3.07. The van der Waals surface area contributed by atoms with Crippen LogP contribution in [-0.4, -0.2) is 27.9 Å². The molecule has 3 rings (SSSR count). The largest absolute Gasteiger partial charge is 0.349 e. The van der Waals surface area contributed by atoms with Crippen molar-refractivity contribution in [2.75, 3.05) is 17.3 Å². The first kappa shape index (κ1) is 16.6. The van der Waals surface area contributed by atoms with Gasteiger partial charge in [-0.05, 0) is 37.3 Å². The second kappa shape index (κ2) is 7.53. The van der Waals surface area contributed by atoms with Crippen LogP contribution in [0, 0.1) is 6.92 Å². The average molecular weight is 333 g/mol. The molecule has 0 spiro atoms. The molecule has 2 heterocycles. The number of nitrogens with zero attached hydrogens (tertiary/aromatic N) is 4. The predicted molar refractivity (Wildman–Crippen MR) is 97.5 cm³/mol. The number of rotatable bonds is 5. The van der Waals surface area contributed by atoms with Crippen LogP contribution in [0.2, 0.25) is 0 Å². The highest BCUT2D eigenvalue weighted by atomic mass is 16.2. The molecule has 0 saturated carbocycles. The van der Waals surface area contributed by atoms with Gasteiger partial charge in [-0.25, -0.2) is 9.97 Å². The van der Waals surface area contributed by atoms with Gasteiger partial charge in [-0.2, -0.15) is 0 Å². The van der Waals surface area contributed by atoms with E-state index in [1.807, 2.05) is 55.5 Å². The summed E-state index contributed by atoms with van der Waals surface area (Å²) in [6.45, 7) is 2.33. The van der Waals surface area contributed by atoms with Crippen molar-refractivity contribution in [3.8, 4) is 0 Å². The second-order valence-electron chi connectivity index (χ2n) is 5.59. The Kier molecular flexibility index (Phi) is 4.99. The van der Waals surface area contributed by atoms with Crippen LogP contribution in [-0.2, 0) is 6.54 Å². The first-order valence-corrected chi connectivity index (χ1v) is 7.96. The number of carbonyl (C=O) groups is 1. The van der Waals surface area contributed by atoms with E-state index in [1.54, 1.807) is 24.2 Å². The minimum absolute atomic E-state index is 0.183. The van der Waals surface area contributed by atoms with Crippen LogP contribution in [0.5, 0.6) is 0 Å². The third-order valence-corrected chi connectivity index (χ3v) is 3.68. The smallest absolute Gasteiger partial charge is 0.276 e. The summed E-state index contributed by atoms with van der Waals surface area (Å²) >= 11 is 0. The lowest BCUT2D eigenvalue weighted by atomic mass is 10.2. The molecule has 1 aromatic carbocycles. The highest BCUT2D eigenvalue weighted by Crippen LogP contribution is 2.15. The van der Waals surface area contributed by atoms with Crippen LogP contribution in [0.4, 0.5) is 11.6 Å². The number of aryl methyl sites for hydroxylation is 1. The number of benzene rings is 1. The monoisotopic (exact) mass is 333 g/mol. The van der Waals surface area contributed by atoms with Crippen molar-refractivity contribution >= 4 is 17.5 Å². The van der Waals surface area contributed by atoms with Gasteiger partial charge in [0.1, 0.15) is 5.69 Å². The summed E-state index contributed by atoms with van der Waals surface area (Å²) in [5.74, 6) is 0.230. The quantitative estimate of drug-likeness (QED) is 0.777. The van der Waals surface area contributed by atoms with E-state index in [2.05, 4.69) is 20.3 Å². The molecule has 3 aromatic rings. The van der Waals surface area contributed by atoms with Gasteiger partial charge in [0.25, 0.3) is 5.91 Å². The highest BCUT2D eigenvalue weighted by Gasteiger charge is 2.16. The van der Waals surface area contributed by atoms with Gasteiger partial charge in [-0.15, -0.1) is 0 Å².